The largest absolute Gasteiger partial charge is 0.338 e. The molecule has 4 rings (SSSR count). The highest BCUT2D eigenvalue weighted by atomic mass is 15.3. The predicted molar refractivity (Wildman–Crippen MR) is 114 cm³/mol. The van der Waals surface area contributed by atoms with Crippen LogP contribution in [0.4, 0.5) is 0 Å². The standard InChI is InChI=1S/C21H30N8/c1-13(2)18-19(15-9-14(3)21(22)28(23)11-15)25-26-20(18)16-10-24-29(12-16)17-5-7-27(4)8-6-17/h9-13,17,22H,5-8,23H2,1-4H3,(H,25,26). The van der Waals surface area contributed by atoms with Gasteiger partial charge in [0.05, 0.1) is 23.6 Å². The van der Waals surface area contributed by atoms with E-state index in [1.165, 1.54) is 4.68 Å². The molecule has 3 aromatic rings. The number of hydrogen-bond acceptors (Lipinski definition) is 5. The number of likely N-dealkylation sites (tertiary alicyclic amines) is 1. The molecule has 3 aromatic heterocycles. The van der Waals surface area contributed by atoms with Crippen molar-refractivity contribution in [3.05, 3.63) is 41.3 Å². The summed E-state index contributed by atoms with van der Waals surface area (Å²) in [4.78, 5) is 2.37. The van der Waals surface area contributed by atoms with E-state index in [2.05, 4.69) is 52.0 Å². The van der Waals surface area contributed by atoms with E-state index in [1.54, 1.807) is 6.20 Å². The normalized spacial score (nSPS) is 16.0. The topological polar surface area (TPSA) is 105 Å². The minimum atomic E-state index is 0.271. The molecule has 154 valence electrons. The Morgan fingerprint density at radius 1 is 1.21 bits per heavy atom. The van der Waals surface area contributed by atoms with E-state index in [0.29, 0.717) is 11.5 Å². The zero-order valence-corrected chi connectivity index (χ0v) is 17.6. The van der Waals surface area contributed by atoms with Crippen LogP contribution in [0.3, 0.4) is 0 Å². The number of nitrogens with one attached hydrogen (secondary N) is 2. The fourth-order valence-corrected chi connectivity index (χ4v) is 4.17. The van der Waals surface area contributed by atoms with Gasteiger partial charge in [-0.05, 0) is 57.5 Å². The smallest absolute Gasteiger partial charge is 0.146 e. The highest BCUT2D eigenvalue weighted by Crippen LogP contribution is 2.35. The molecule has 0 aromatic carbocycles. The molecule has 1 aliphatic heterocycles. The quantitative estimate of drug-likeness (QED) is 0.592. The molecule has 4 heterocycles. The zero-order valence-electron chi connectivity index (χ0n) is 17.6. The second-order valence-electron chi connectivity index (χ2n) is 8.43. The number of nitrogens with zero attached hydrogens (tertiary/aromatic N) is 5. The first kappa shape index (κ1) is 19.4. The van der Waals surface area contributed by atoms with Crippen molar-refractivity contribution in [1.82, 2.24) is 29.6 Å². The molecular formula is C21H30N8. The molecule has 0 spiro atoms. The number of hydrogen-bond donors (Lipinski definition) is 3. The lowest BCUT2D eigenvalue weighted by Crippen LogP contribution is -2.31. The van der Waals surface area contributed by atoms with Gasteiger partial charge in [-0.25, -0.2) is 0 Å². The van der Waals surface area contributed by atoms with Crippen LogP contribution in [0.15, 0.2) is 24.7 Å². The molecule has 29 heavy (non-hydrogen) atoms. The summed E-state index contributed by atoms with van der Waals surface area (Å²) in [6, 6.07) is 2.43. The van der Waals surface area contributed by atoms with Gasteiger partial charge in [-0.3, -0.25) is 19.9 Å². The van der Waals surface area contributed by atoms with Crippen molar-refractivity contribution in [2.75, 3.05) is 26.0 Å². The second kappa shape index (κ2) is 7.51. The molecule has 8 nitrogen and oxygen atoms in total. The molecule has 0 aliphatic carbocycles. The maximum atomic E-state index is 7.99. The van der Waals surface area contributed by atoms with Crippen LogP contribution < -0.4 is 11.3 Å². The van der Waals surface area contributed by atoms with Crippen LogP contribution in [0.1, 0.15) is 49.8 Å². The Morgan fingerprint density at radius 3 is 2.59 bits per heavy atom. The van der Waals surface area contributed by atoms with Gasteiger partial charge in [0, 0.05) is 29.1 Å². The van der Waals surface area contributed by atoms with Crippen molar-refractivity contribution in [3.63, 3.8) is 0 Å². The van der Waals surface area contributed by atoms with Crippen molar-refractivity contribution >= 4 is 0 Å². The number of nitrogens with two attached hydrogens (primary N) is 1. The Morgan fingerprint density at radius 2 is 1.93 bits per heavy atom. The van der Waals surface area contributed by atoms with Crippen LogP contribution in [-0.4, -0.2) is 49.7 Å². The molecule has 4 N–H and O–H groups in total. The van der Waals surface area contributed by atoms with Crippen LogP contribution >= 0.6 is 0 Å². The van der Waals surface area contributed by atoms with Gasteiger partial charge in [-0.15, -0.1) is 0 Å². The van der Waals surface area contributed by atoms with Gasteiger partial charge in [0.1, 0.15) is 5.49 Å². The molecular weight excluding hydrogens is 364 g/mol. The average molecular weight is 395 g/mol. The SMILES string of the molecule is Cc1cc(-c2[nH]nc(-c3cnn(C4CCN(C)CC4)c3)c2C(C)C)cn(N)c1=N. The first-order valence-electron chi connectivity index (χ1n) is 10.2. The van der Waals surface area contributed by atoms with E-state index in [1.807, 2.05) is 19.2 Å². The lowest BCUT2D eigenvalue weighted by atomic mass is 9.95. The Labute approximate surface area is 170 Å². The zero-order chi connectivity index (χ0) is 20.7. The third-order valence-electron chi connectivity index (χ3n) is 5.89. The first-order chi connectivity index (χ1) is 13.8. The van der Waals surface area contributed by atoms with Crippen molar-refractivity contribution in [2.45, 2.75) is 45.6 Å². The van der Waals surface area contributed by atoms with E-state index in [-0.39, 0.29) is 5.92 Å². The van der Waals surface area contributed by atoms with E-state index < -0.39 is 0 Å². The van der Waals surface area contributed by atoms with Crippen molar-refractivity contribution in [3.8, 4) is 22.5 Å². The van der Waals surface area contributed by atoms with Crippen molar-refractivity contribution in [1.29, 1.82) is 5.41 Å². The van der Waals surface area contributed by atoms with Gasteiger partial charge in [0.2, 0.25) is 0 Å². The minimum absolute atomic E-state index is 0.271. The van der Waals surface area contributed by atoms with Crippen molar-refractivity contribution in [2.24, 2.45) is 0 Å². The maximum Gasteiger partial charge on any atom is 0.146 e. The number of H-pyrrole nitrogens is 1. The number of rotatable bonds is 4. The molecule has 8 heteroatoms. The van der Waals surface area contributed by atoms with Gasteiger partial charge >= 0.3 is 0 Å². The lowest BCUT2D eigenvalue weighted by Gasteiger charge is -2.28. The van der Waals surface area contributed by atoms with Crippen LogP contribution in [0, 0.1) is 12.3 Å². The fraction of sp³-hybridized carbons (Fsp3) is 0.476. The maximum absolute atomic E-state index is 7.99. The van der Waals surface area contributed by atoms with E-state index in [0.717, 1.165) is 59.6 Å². The lowest BCUT2D eigenvalue weighted by molar-refractivity contribution is 0.212. The van der Waals surface area contributed by atoms with Gasteiger partial charge < -0.3 is 10.7 Å². The summed E-state index contributed by atoms with van der Waals surface area (Å²) in [6.07, 6.45) is 8.07. The summed E-state index contributed by atoms with van der Waals surface area (Å²) in [5.74, 6) is 6.25. The Bertz CT molecular complexity index is 1040. The number of aromatic nitrogens is 5. The highest BCUT2D eigenvalue weighted by molar-refractivity contribution is 5.74. The molecule has 0 bridgehead atoms. The van der Waals surface area contributed by atoms with E-state index in [9.17, 15) is 0 Å². The summed E-state index contributed by atoms with van der Waals surface area (Å²) >= 11 is 0. The van der Waals surface area contributed by atoms with E-state index >= 15 is 0 Å². The molecule has 1 fully saturated rings. The Kier molecular flexibility index (Phi) is 5.04. The van der Waals surface area contributed by atoms with Gasteiger partial charge in [0.15, 0.2) is 0 Å². The molecule has 0 amide bonds. The summed E-state index contributed by atoms with van der Waals surface area (Å²) in [7, 11) is 2.17. The predicted octanol–water partition coefficient (Wildman–Crippen LogP) is 2.63. The summed E-state index contributed by atoms with van der Waals surface area (Å²) in [5, 5.41) is 20.5. The van der Waals surface area contributed by atoms with Crippen LogP contribution in [-0.2, 0) is 0 Å². The number of aromatic amines is 1. The number of nitrogen functional groups attached to an aromatic ring is 1. The van der Waals surface area contributed by atoms with Crippen LogP contribution in [0.5, 0.6) is 0 Å². The summed E-state index contributed by atoms with van der Waals surface area (Å²) in [5.41, 5.74) is 6.13. The number of aryl methyl sites for hydroxylation is 1. The van der Waals surface area contributed by atoms with Gasteiger partial charge in [0.25, 0.3) is 0 Å². The van der Waals surface area contributed by atoms with Crippen molar-refractivity contribution < 1.29 is 0 Å². The molecule has 0 radical (unpaired) electrons. The number of piperidine rings is 1. The minimum Gasteiger partial charge on any atom is -0.338 e. The third-order valence-corrected chi connectivity index (χ3v) is 5.89. The molecule has 1 saturated heterocycles. The second-order valence-corrected chi connectivity index (χ2v) is 8.43. The Hall–Kier alpha value is -2.87. The molecule has 0 atom stereocenters. The van der Waals surface area contributed by atoms with Crippen LogP contribution in [0.2, 0.25) is 0 Å². The van der Waals surface area contributed by atoms with Crippen LogP contribution in [0.25, 0.3) is 22.5 Å². The summed E-state index contributed by atoms with van der Waals surface area (Å²) < 4.78 is 3.46. The van der Waals surface area contributed by atoms with Gasteiger partial charge in [-0.2, -0.15) is 10.2 Å². The molecule has 1 aliphatic rings. The monoisotopic (exact) mass is 394 g/mol. The Balaban J connectivity index is 1.72. The molecule has 0 unspecified atom stereocenters. The number of pyridine rings is 1. The van der Waals surface area contributed by atoms with E-state index in [4.69, 9.17) is 11.3 Å². The summed E-state index contributed by atoms with van der Waals surface area (Å²) in [6.45, 7) is 8.44. The van der Waals surface area contributed by atoms with Gasteiger partial charge in [-0.1, -0.05) is 13.8 Å². The third kappa shape index (κ3) is 3.60. The fourth-order valence-electron chi connectivity index (χ4n) is 4.17. The highest BCUT2D eigenvalue weighted by Gasteiger charge is 2.23. The first-order valence-corrected chi connectivity index (χ1v) is 10.2. The molecule has 0 saturated carbocycles. The average Bonchev–Trinajstić information content (AvgIpc) is 3.33.